The molecule has 11 rings (SSSR count). The first-order chi connectivity index (χ1) is 25.8. The van der Waals surface area contributed by atoms with Crippen LogP contribution in [-0.4, -0.2) is 22.9 Å². The van der Waals surface area contributed by atoms with Gasteiger partial charge in [-0.1, -0.05) is 200 Å². The second kappa shape index (κ2) is 11.3. The Bertz CT molecular complexity index is 2380. The van der Waals surface area contributed by atoms with Crippen LogP contribution in [0.3, 0.4) is 0 Å². The summed E-state index contributed by atoms with van der Waals surface area (Å²) in [5.74, 6) is 0. The Morgan fingerprint density at radius 3 is 1.31 bits per heavy atom. The van der Waals surface area contributed by atoms with E-state index in [-0.39, 0.29) is 6.71 Å². The Morgan fingerprint density at radius 1 is 0.308 bits per heavy atom. The minimum atomic E-state index is -2.75. The van der Waals surface area contributed by atoms with E-state index in [4.69, 9.17) is 0 Å². The van der Waals surface area contributed by atoms with Gasteiger partial charge in [0.1, 0.15) is 0 Å². The van der Waals surface area contributed by atoms with Crippen LogP contribution in [0.2, 0.25) is 0 Å². The van der Waals surface area contributed by atoms with Crippen molar-refractivity contribution in [1.29, 1.82) is 0 Å². The van der Waals surface area contributed by atoms with E-state index >= 15 is 0 Å². The zero-order chi connectivity index (χ0) is 34.3. The van der Waals surface area contributed by atoms with Crippen LogP contribution in [-0.2, 0) is 0 Å². The third-order valence-corrected chi connectivity index (χ3v) is 21.8. The standard InChI is InChI=1S/C48H34BNSi2/c1-5-19-35(20-6-1)51(36-21-7-2-8-22-36)43-31-15-13-27-39(43)49-40-28-17-34-46-48(40)50(42-30-18-33-45(51)47(42)49)41-29-14-16-32-44(41)52(46,37-23-9-3-10-24-37)38-25-11-4-12-26-38/h1-34H. The highest BCUT2D eigenvalue weighted by Crippen LogP contribution is 2.39. The van der Waals surface area contributed by atoms with Crippen molar-refractivity contribution in [3.05, 3.63) is 206 Å². The first-order valence-electron chi connectivity index (χ1n) is 18.3. The average Bonchev–Trinajstić information content (AvgIpc) is 3.23. The van der Waals surface area contributed by atoms with Crippen molar-refractivity contribution >= 4 is 97.8 Å². The van der Waals surface area contributed by atoms with E-state index in [1.54, 1.807) is 0 Å². The molecule has 0 unspecified atom stereocenters. The fraction of sp³-hybridized carbons (Fsp3) is 0. The van der Waals surface area contributed by atoms with Crippen LogP contribution in [0.1, 0.15) is 0 Å². The number of anilines is 3. The number of hydrogen-bond acceptors (Lipinski definition) is 1. The molecule has 3 aliphatic heterocycles. The lowest BCUT2D eigenvalue weighted by Crippen LogP contribution is -2.88. The van der Waals surface area contributed by atoms with Crippen LogP contribution in [0.15, 0.2) is 206 Å². The van der Waals surface area contributed by atoms with Crippen LogP contribution < -0.4 is 62.8 Å². The van der Waals surface area contributed by atoms with E-state index in [1.165, 1.54) is 74.9 Å². The van der Waals surface area contributed by atoms with Crippen LogP contribution in [0.5, 0.6) is 0 Å². The second-order valence-corrected chi connectivity index (χ2v) is 21.8. The summed E-state index contributed by atoms with van der Waals surface area (Å²) in [4.78, 5) is 2.66. The molecule has 0 amide bonds. The molecule has 0 spiro atoms. The van der Waals surface area contributed by atoms with Crippen molar-refractivity contribution in [3.8, 4) is 0 Å². The van der Waals surface area contributed by atoms with Gasteiger partial charge < -0.3 is 4.90 Å². The van der Waals surface area contributed by atoms with Gasteiger partial charge in [0.2, 0.25) is 6.71 Å². The Morgan fingerprint density at radius 2 is 0.712 bits per heavy atom. The predicted octanol–water partition coefficient (Wildman–Crippen LogP) is 3.37. The van der Waals surface area contributed by atoms with Gasteiger partial charge in [0.25, 0.3) is 0 Å². The van der Waals surface area contributed by atoms with Gasteiger partial charge in [-0.25, -0.2) is 0 Å². The van der Waals surface area contributed by atoms with Gasteiger partial charge in [0.05, 0.1) is 0 Å². The van der Waals surface area contributed by atoms with Crippen LogP contribution in [0.25, 0.3) is 0 Å². The predicted molar refractivity (Wildman–Crippen MR) is 227 cm³/mol. The van der Waals surface area contributed by atoms with Gasteiger partial charge >= 0.3 is 0 Å². The molecule has 8 aromatic carbocycles. The fourth-order valence-electron chi connectivity index (χ4n) is 10.3. The first-order valence-corrected chi connectivity index (χ1v) is 22.3. The Balaban J connectivity index is 1.31. The maximum absolute atomic E-state index is 2.75. The third-order valence-electron chi connectivity index (χ3n) is 12.1. The summed E-state index contributed by atoms with van der Waals surface area (Å²) in [7, 11) is -5.48. The van der Waals surface area contributed by atoms with Gasteiger partial charge in [-0.05, 0) is 64.6 Å². The van der Waals surface area contributed by atoms with Crippen LogP contribution in [0.4, 0.5) is 17.1 Å². The molecule has 3 heterocycles. The maximum atomic E-state index is 2.66. The molecule has 0 saturated heterocycles. The van der Waals surface area contributed by atoms with Gasteiger partial charge in [0.15, 0.2) is 16.1 Å². The zero-order valence-corrected chi connectivity index (χ0v) is 30.7. The first kappa shape index (κ1) is 29.8. The minimum Gasteiger partial charge on any atom is -0.312 e. The number of para-hydroxylation sites is 2. The van der Waals surface area contributed by atoms with E-state index < -0.39 is 16.1 Å². The van der Waals surface area contributed by atoms with E-state index in [0.29, 0.717) is 0 Å². The Labute approximate surface area is 307 Å². The molecular weight excluding hydrogens is 658 g/mol. The van der Waals surface area contributed by atoms with Gasteiger partial charge in [0, 0.05) is 17.1 Å². The molecule has 8 aromatic rings. The second-order valence-electron chi connectivity index (χ2n) is 14.3. The summed E-state index contributed by atoms with van der Waals surface area (Å²) in [6.07, 6.45) is 0. The highest BCUT2D eigenvalue weighted by atomic mass is 28.3. The summed E-state index contributed by atoms with van der Waals surface area (Å²) >= 11 is 0. The van der Waals surface area contributed by atoms with Crippen molar-refractivity contribution in [3.63, 3.8) is 0 Å². The topological polar surface area (TPSA) is 3.24 Å². The molecule has 0 atom stereocenters. The number of nitrogens with zero attached hydrogens (tertiary/aromatic N) is 1. The van der Waals surface area contributed by atoms with Crippen molar-refractivity contribution < 1.29 is 0 Å². The molecule has 4 heteroatoms. The monoisotopic (exact) mass is 691 g/mol. The van der Waals surface area contributed by atoms with Crippen LogP contribution in [0, 0.1) is 0 Å². The molecule has 0 aliphatic carbocycles. The number of hydrogen-bond donors (Lipinski definition) is 0. The highest BCUT2D eigenvalue weighted by Gasteiger charge is 2.56. The highest BCUT2D eigenvalue weighted by molar-refractivity contribution is 7.27. The molecule has 0 radical (unpaired) electrons. The summed E-state index contributed by atoms with van der Waals surface area (Å²) in [6, 6.07) is 78.8. The summed E-state index contributed by atoms with van der Waals surface area (Å²) in [5.41, 5.74) is 8.32. The molecule has 0 fully saturated rings. The molecule has 0 bridgehead atoms. The summed E-state index contributed by atoms with van der Waals surface area (Å²) in [6.45, 7) is 0.116. The molecular formula is C48H34BNSi2. The minimum absolute atomic E-state index is 0.116. The number of fused-ring (bicyclic) bond motifs is 6. The lowest BCUT2D eigenvalue weighted by molar-refractivity contribution is 1.30. The molecule has 0 saturated carbocycles. The molecule has 3 aliphatic rings. The van der Waals surface area contributed by atoms with Gasteiger partial charge in [-0.2, -0.15) is 0 Å². The van der Waals surface area contributed by atoms with Crippen LogP contribution >= 0.6 is 0 Å². The number of rotatable bonds is 4. The molecule has 242 valence electrons. The summed E-state index contributed by atoms with van der Waals surface area (Å²) < 4.78 is 0. The van der Waals surface area contributed by atoms with Crippen molar-refractivity contribution in [2.75, 3.05) is 4.90 Å². The smallest absolute Gasteiger partial charge is 0.246 e. The maximum Gasteiger partial charge on any atom is 0.246 e. The van der Waals surface area contributed by atoms with E-state index in [1.807, 2.05) is 0 Å². The van der Waals surface area contributed by atoms with Crippen molar-refractivity contribution in [2.45, 2.75) is 0 Å². The molecule has 0 N–H and O–H groups in total. The van der Waals surface area contributed by atoms with E-state index in [9.17, 15) is 0 Å². The fourth-order valence-corrected chi connectivity index (χ4v) is 20.7. The van der Waals surface area contributed by atoms with E-state index in [2.05, 4.69) is 211 Å². The third kappa shape index (κ3) is 3.73. The molecule has 0 aromatic heterocycles. The summed E-state index contributed by atoms with van der Waals surface area (Å²) in [5, 5.41) is 11.6. The van der Waals surface area contributed by atoms with Gasteiger partial charge in [-0.3, -0.25) is 0 Å². The normalized spacial score (nSPS) is 15.2. The quantitative estimate of drug-likeness (QED) is 0.256. The lowest BCUT2D eigenvalue weighted by Gasteiger charge is -2.51. The Hall–Kier alpha value is -5.94. The van der Waals surface area contributed by atoms with Crippen molar-refractivity contribution in [2.24, 2.45) is 0 Å². The molecule has 52 heavy (non-hydrogen) atoms. The number of benzene rings is 8. The van der Waals surface area contributed by atoms with E-state index in [0.717, 1.165) is 0 Å². The van der Waals surface area contributed by atoms with Gasteiger partial charge in [-0.15, -0.1) is 0 Å². The lowest BCUT2D eigenvalue weighted by atomic mass is 9.35. The largest absolute Gasteiger partial charge is 0.312 e. The zero-order valence-electron chi connectivity index (χ0n) is 28.7. The Kier molecular flexibility index (Phi) is 6.45. The molecule has 1 nitrogen and oxygen atoms in total. The average molecular weight is 692 g/mol. The SMILES string of the molecule is c1ccc([Si]2(c3ccccc3)c3ccccc3B3c4cccc5c4N(c4ccccc4[Si]5(c4ccccc4)c4ccccc4)c4cccc2c43)cc1. The van der Waals surface area contributed by atoms with Crippen molar-refractivity contribution in [1.82, 2.24) is 0 Å².